The van der Waals surface area contributed by atoms with Crippen LogP contribution in [0.4, 0.5) is 0 Å². The number of aromatic nitrogens is 1. The highest BCUT2D eigenvalue weighted by Crippen LogP contribution is 2.34. The van der Waals surface area contributed by atoms with Crippen LogP contribution in [0.3, 0.4) is 0 Å². The van der Waals surface area contributed by atoms with Gasteiger partial charge >= 0.3 is 0 Å². The van der Waals surface area contributed by atoms with Gasteiger partial charge in [-0.25, -0.2) is 4.98 Å². The number of ether oxygens (including phenoxy) is 3. The first-order chi connectivity index (χ1) is 13.1. The summed E-state index contributed by atoms with van der Waals surface area (Å²) < 4.78 is 17.3. The number of methoxy groups -OCH3 is 1. The minimum atomic E-state index is 0.0440. The maximum atomic E-state index is 10.4. The van der Waals surface area contributed by atoms with E-state index in [0.717, 1.165) is 43.4 Å². The summed E-state index contributed by atoms with van der Waals surface area (Å²) in [5.74, 6) is 2.21. The average Bonchev–Trinajstić information content (AvgIpc) is 3.06. The van der Waals surface area contributed by atoms with Crippen molar-refractivity contribution in [3.63, 3.8) is 0 Å². The van der Waals surface area contributed by atoms with Gasteiger partial charge in [-0.2, -0.15) is 0 Å². The maximum absolute atomic E-state index is 10.4. The van der Waals surface area contributed by atoms with Crippen molar-refractivity contribution in [2.45, 2.75) is 13.5 Å². The van der Waals surface area contributed by atoms with Gasteiger partial charge in [0, 0.05) is 5.56 Å². The van der Waals surface area contributed by atoms with Crippen molar-refractivity contribution in [3.8, 4) is 28.5 Å². The molecule has 140 valence electrons. The summed E-state index contributed by atoms with van der Waals surface area (Å²) in [6.07, 6.45) is 0.727. The predicted molar refractivity (Wildman–Crippen MR) is 109 cm³/mol. The fourth-order valence-corrected chi connectivity index (χ4v) is 4.07. The second kappa shape index (κ2) is 9.01. The van der Waals surface area contributed by atoms with Gasteiger partial charge in [0.1, 0.15) is 35.5 Å². The lowest BCUT2D eigenvalue weighted by molar-refractivity contribution is -0.109. The zero-order chi connectivity index (χ0) is 19.2. The number of carbonyl (C=O) groups excluding carboxylic acids is 1. The maximum Gasteiger partial charge on any atom is 0.157 e. The van der Waals surface area contributed by atoms with Crippen molar-refractivity contribution in [1.29, 1.82) is 0 Å². The monoisotopic (exact) mass is 447 g/mol. The Labute approximate surface area is 170 Å². The molecule has 0 radical (unpaired) electrons. The summed E-state index contributed by atoms with van der Waals surface area (Å²) in [7, 11) is 1.64. The smallest absolute Gasteiger partial charge is 0.157 e. The van der Waals surface area contributed by atoms with Gasteiger partial charge in [0.15, 0.2) is 6.29 Å². The average molecular weight is 448 g/mol. The molecule has 0 saturated heterocycles. The Kier molecular flexibility index (Phi) is 6.47. The van der Waals surface area contributed by atoms with Crippen molar-refractivity contribution < 1.29 is 19.0 Å². The zero-order valence-corrected chi connectivity index (χ0v) is 17.3. The molecule has 0 aliphatic carbocycles. The van der Waals surface area contributed by atoms with Crippen LogP contribution in [-0.4, -0.2) is 25.0 Å². The molecule has 0 N–H and O–H groups in total. The first-order valence-electron chi connectivity index (χ1n) is 8.20. The standard InChI is InChI=1S/C20H18BrNO4S/c1-13-11-16(7-8-17(13)25-10-9-23)26-12-18-22-19(20(21)27-18)14-3-5-15(24-2)6-4-14/h3-9,11H,10,12H2,1-2H3. The van der Waals surface area contributed by atoms with Crippen molar-refractivity contribution in [1.82, 2.24) is 4.98 Å². The van der Waals surface area contributed by atoms with E-state index in [0.29, 0.717) is 12.4 Å². The molecule has 0 bridgehead atoms. The van der Waals surface area contributed by atoms with Crippen LogP contribution >= 0.6 is 27.3 Å². The Bertz CT molecular complexity index is 924. The Balaban J connectivity index is 1.68. The topological polar surface area (TPSA) is 57.6 Å². The molecule has 0 saturated carbocycles. The first kappa shape index (κ1) is 19.4. The zero-order valence-electron chi connectivity index (χ0n) is 14.9. The van der Waals surface area contributed by atoms with Crippen LogP contribution in [0.1, 0.15) is 10.6 Å². The summed E-state index contributed by atoms with van der Waals surface area (Å²) in [5.41, 5.74) is 2.81. The number of hydrogen-bond donors (Lipinski definition) is 0. The van der Waals surface area contributed by atoms with E-state index in [2.05, 4.69) is 20.9 Å². The van der Waals surface area contributed by atoms with Crippen LogP contribution in [-0.2, 0) is 11.4 Å². The van der Waals surface area contributed by atoms with Crippen LogP contribution in [0.2, 0.25) is 0 Å². The van der Waals surface area contributed by atoms with Gasteiger partial charge in [-0.15, -0.1) is 11.3 Å². The van der Waals surface area contributed by atoms with Gasteiger partial charge in [-0.05, 0) is 70.9 Å². The molecule has 0 aliphatic heterocycles. The molecule has 0 aliphatic rings. The van der Waals surface area contributed by atoms with E-state index in [4.69, 9.17) is 14.2 Å². The molecule has 7 heteroatoms. The van der Waals surface area contributed by atoms with E-state index in [1.807, 2.05) is 43.3 Å². The molecular weight excluding hydrogens is 430 g/mol. The molecule has 3 rings (SSSR count). The number of nitrogens with zero attached hydrogens (tertiary/aromatic N) is 1. The Morgan fingerprint density at radius 3 is 2.52 bits per heavy atom. The lowest BCUT2D eigenvalue weighted by Gasteiger charge is -2.09. The van der Waals surface area contributed by atoms with E-state index in [9.17, 15) is 4.79 Å². The molecule has 1 aromatic heterocycles. The number of aldehydes is 1. The SMILES string of the molecule is COc1ccc(-c2nc(COc3ccc(OCC=O)c(C)c3)sc2Br)cc1. The number of hydrogen-bond acceptors (Lipinski definition) is 6. The predicted octanol–water partition coefficient (Wildman–Crippen LogP) is 5.05. The number of thiazole rings is 1. The number of rotatable bonds is 8. The molecule has 0 spiro atoms. The molecule has 1 heterocycles. The van der Waals surface area contributed by atoms with E-state index in [1.54, 1.807) is 24.5 Å². The van der Waals surface area contributed by atoms with Gasteiger partial charge in [0.25, 0.3) is 0 Å². The van der Waals surface area contributed by atoms with Crippen LogP contribution in [0.15, 0.2) is 46.3 Å². The molecule has 0 amide bonds. The van der Waals surface area contributed by atoms with Crippen LogP contribution in [0.25, 0.3) is 11.3 Å². The summed E-state index contributed by atoms with van der Waals surface area (Å²) >= 11 is 5.13. The second-order valence-electron chi connectivity index (χ2n) is 5.65. The normalized spacial score (nSPS) is 10.5. The molecule has 0 fully saturated rings. The minimum absolute atomic E-state index is 0.0440. The first-order valence-corrected chi connectivity index (χ1v) is 9.81. The molecular formula is C20H18BrNO4S. The molecule has 5 nitrogen and oxygen atoms in total. The van der Waals surface area contributed by atoms with Gasteiger partial charge < -0.3 is 14.2 Å². The van der Waals surface area contributed by atoms with Crippen molar-refractivity contribution in [2.75, 3.05) is 13.7 Å². The highest BCUT2D eigenvalue weighted by molar-refractivity contribution is 9.11. The quantitative estimate of drug-likeness (QED) is 0.452. The Morgan fingerprint density at radius 2 is 1.85 bits per heavy atom. The van der Waals surface area contributed by atoms with E-state index < -0.39 is 0 Å². The fraction of sp³-hybridized carbons (Fsp3) is 0.200. The van der Waals surface area contributed by atoms with Crippen molar-refractivity contribution in [2.24, 2.45) is 0 Å². The highest BCUT2D eigenvalue weighted by Gasteiger charge is 2.12. The van der Waals surface area contributed by atoms with E-state index in [-0.39, 0.29) is 6.61 Å². The molecule has 0 atom stereocenters. The number of benzene rings is 2. The third-order valence-electron chi connectivity index (χ3n) is 3.81. The van der Waals surface area contributed by atoms with E-state index in [1.165, 1.54) is 0 Å². The van der Waals surface area contributed by atoms with Crippen molar-refractivity contribution in [3.05, 3.63) is 56.8 Å². The van der Waals surface area contributed by atoms with Crippen LogP contribution < -0.4 is 14.2 Å². The Morgan fingerprint density at radius 1 is 1.11 bits per heavy atom. The number of carbonyl (C=O) groups is 1. The van der Waals surface area contributed by atoms with Crippen LogP contribution in [0, 0.1) is 6.92 Å². The largest absolute Gasteiger partial charge is 0.497 e. The highest BCUT2D eigenvalue weighted by atomic mass is 79.9. The third-order valence-corrected chi connectivity index (χ3v) is 5.49. The van der Waals surface area contributed by atoms with Gasteiger partial charge in [-0.3, -0.25) is 4.79 Å². The molecule has 0 unspecified atom stereocenters. The lowest BCUT2D eigenvalue weighted by atomic mass is 10.2. The molecule has 2 aromatic carbocycles. The van der Waals surface area contributed by atoms with E-state index >= 15 is 0 Å². The number of aryl methyl sites for hydroxylation is 1. The molecule has 27 heavy (non-hydrogen) atoms. The molecule has 3 aromatic rings. The second-order valence-corrected chi connectivity index (χ2v) is 8.05. The summed E-state index contributed by atoms with van der Waals surface area (Å²) in [4.78, 5) is 15.1. The van der Waals surface area contributed by atoms with Crippen molar-refractivity contribution >= 4 is 33.6 Å². The Hall–Kier alpha value is -2.38. The minimum Gasteiger partial charge on any atom is -0.497 e. The summed E-state index contributed by atoms with van der Waals surface area (Å²) in [5, 5.41) is 0.867. The van der Waals surface area contributed by atoms with Gasteiger partial charge in [0.2, 0.25) is 0 Å². The third kappa shape index (κ3) is 4.87. The van der Waals surface area contributed by atoms with Gasteiger partial charge in [-0.1, -0.05) is 0 Å². The fourth-order valence-electron chi connectivity index (χ4n) is 2.47. The number of halogens is 1. The van der Waals surface area contributed by atoms with Gasteiger partial charge in [0.05, 0.1) is 16.6 Å². The summed E-state index contributed by atoms with van der Waals surface area (Å²) in [6, 6.07) is 13.3. The lowest BCUT2D eigenvalue weighted by Crippen LogP contribution is -2.00. The summed E-state index contributed by atoms with van der Waals surface area (Å²) in [6.45, 7) is 2.32. The van der Waals surface area contributed by atoms with Crippen LogP contribution in [0.5, 0.6) is 17.2 Å².